The molecule has 88 valence electrons. The van der Waals surface area contributed by atoms with Gasteiger partial charge in [0.25, 0.3) is 0 Å². The first kappa shape index (κ1) is 11.9. The van der Waals surface area contributed by atoms with Crippen LogP contribution in [0.25, 0.3) is 0 Å². The van der Waals surface area contributed by atoms with Crippen molar-refractivity contribution < 1.29 is 0 Å². The molecule has 3 nitrogen and oxygen atoms in total. The van der Waals surface area contributed by atoms with Gasteiger partial charge in [0.2, 0.25) is 0 Å². The van der Waals surface area contributed by atoms with Gasteiger partial charge in [-0.2, -0.15) is 11.8 Å². The highest BCUT2D eigenvalue weighted by molar-refractivity contribution is 7.98. The third-order valence-corrected chi connectivity index (χ3v) is 3.89. The van der Waals surface area contributed by atoms with Crippen LogP contribution in [0.1, 0.15) is 42.9 Å². The van der Waals surface area contributed by atoms with Gasteiger partial charge in [-0.15, -0.1) is 0 Å². The highest BCUT2D eigenvalue weighted by Crippen LogP contribution is 2.27. The number of rotatable bonds is 4. The Labute approximate surface area is 101 Å². The Morgan fingerprint density at radius 1 is 1.56 bits per heavy atom. The van der Waals surface area contributed by atoms with Crippen LogP contribution < -0.4 is 5.32 Å². The van der Waals surface area contributed by atoms with E-state index in [2.05, 4.69) is 22.2 Å². The molecule has 1 unspecified atom stereocenters. The largest absolute Gasteiger partial charge is 0.313 e. The van der Waals surface area contributed by atoms with E-state index >= 15 is 0 Å². The summed E-state index contributed by atoms with van der Waals surface area (Å²) in [5.41, 5.74) is 2.56. The number of aryl methyl sites for hydroxylation is 1. The molecule has 0 aliphatic heterocycles. The molecule has 1 aliphatic rings. The average Bonchev–Trinajstić information content (AvgIpc) is 2.35. The lowest BCUT2D eigenvalue weighted by Gasteiger charge is -2.24. The Morgan fingerprint density at radius 2 is 2.44 bits per heavy atom. The molecule has 1 aromatic rings. The standard InChI is InChI=1S/C12H19N3S/c1-3-16-8-12-14-7-9-10(13-2)5-4-6-11(9)15-12/h7,10,13H,3-6,8H2,1-2H3. The first-order valence-electron chi connectivity index (χ1n) is 5.94. The van der Waals surface area contributed by atoms with Crippen molar-refractivity contribution in [1.29, 1.82) is 0 Å². The summed E-state index contributed by atoms with van der Waals surface area (Å²) in [6, 6.07) is 0.455. The Balaban J connectivity index is 2.18. The summed E-state index contributed by atoms with van der Waals surface area (Å²) in [5.74, 6) is 3.05. The highest BCUT2D eigenvalue weighted by atomic mass is 32.2. The number of nitrogens with zero attached hydrogens (tertiary/aromatic N) is 2. The Kier molecular flexibility index (Phi) is 4.18. The van der Waals surface area contributed by atoms with Crippen molar-refractivity contribution >= 4 is 11.8 Å². The normalized spacial score (nSPS) is 19.5. The van der Waals surface area contributed by atoms with Crippen molar-refractivity contribution in [3.8, 4) is 0 Å². The van der Waals surface area contributed by atoms with Gasteiger partial charge >= 0.3 is 0 Å². The predicted molar refractivity (Wildman–Crippen MR) is 68.6 cm³/mol. The summed E-state index contributed by atoms with van der Waals surface area (Å²) < 4.78 is 0. The fourth-order valence-electron chi connectivity index (χ4n) is 2.15. The van der Waals surface area contributed by atoms with Crippen molar-refractivity contribution in [2.45, 2.75) is 38.0 Å². The zero-order chi connectivity index (χ0) is 11.4. The second-order valence-electron chi connectivity index (χ2n) is 4.06. The van der Waals surface area contributed by atoms with E-state index in [-0.39, 0.29) is 0 Å². The molecule has 0 aromatic carbocycles. The number of fused-ring (bicyclic) bond motifs is 1. The molecule has 0 radical (unpaired) electrons. The summed E-state index contributed by atoms with van der Waals surface area (Å²) in [5, 5.41) is 3.34. The van der Waals surface area contributed by atoms with Gasteiger partial charge in [-0.1, -0.05) is 6.92 Å². The molecule has 0 amide bonds. The minimum absolute atomic E-state index is 0.455. The third-order valence-electron chi connectivity index (χ3n) is 3.02. The van der Waals surface area contributed by atoms with E-state index in [0.29, 0.717) is 6.04 Å². The molecule has 0 fully saturated rings. The smallest absolute Gasteiger partial charge is 0.138 e. The van der Waals surface area contributed by atoms with Crippen LogP contribution in [0.2, 0.25) is 0 Å². The quantitative estimate of drug-likeness (QED) is 0.872. The number of hydrogen-bond acceptors (Lipinski definition) is 4. The molecule has 0 saturated heterocycles. The molecule has 4 heteroatoms. The van der Waals surface area contributed by atoms with Crippen LogP contribution in [0.4, 0.5) is 0 Å². The number of hydrogen-bond donors (Lipinski definition) is 1. The second kappa shape index (κ2) is 5.64. The van der Waals surface area contributed by atoms with Gasteiger partial charge in [-0.05, 0) is 32.1 Å². The number of thioether (sulfide) groups is 1. The topological polar surface area (TPSA) is 37.8 Å². The molecule has 1 aromatic heterocycles. The van der Waals surface area contributed by atoms with Gasteiger partial charge in [-0.25, -0.2) is 9.97 Å². The van der Waals surface area contributed by atoms with Crippen molar-refractivity contribution in [1.82, 2.24) is 15.3 Å². The van der Waals surface area contributed by atoms with Crippen LogP contribution in [0, 0.1) is 0 Å². The predicted octanol–water partition coefficient (Wildman–Crippen LogP) is 2.33. The van der Waals surface area contributed by atoms with Crippen molar-refractivity contribution in [2.75, 3.05) is 12.8 Å². The molecule has 0 bridgehead atoms. The average molecular weight is 237 g/mol. The van der Waals surface area contributed by atoms with Crippen LogP contribution in [0.15, 0.2) is 6.20 Å². The minimum Gasteiger partial charge on any atom is -0.313 e. The fourth-order valence-corrected chi connectivity index (χ4v) is 2.68. The van der Waals surface area contributed by atoms with Crippen LogP contribution in [0.5, 0.6) is 0 Å². The molecule has 2 rings (SSSR count). The SMILES string of the molecule is CCSCc1ncc2c(n1)CCCC2NC. The maximum atomic E-state index is 4.68. The lowest BCUT2D eigenvalue weighted by molar-refractivity contribution is 0.486. The third kappa shape index (κ3) is 2.55. The molecule has 0 spiro atoms. The van der Waals surface area contributed by atoms with Gasteiger partial charge in [0.05, 0.1) is 5.75 Å². The summed E-state index contributed by atoms with van der Waals surface area (Å²) in [6.07, 6.45) is 5.57. The number of aromatic nitrogens is 2. The molecule has 1 aliphatic carbocycles. The summed E-state index contributed by atoms with van der Waals surface area (Å²) in [4.78, 5) is 9.13. The summed E-state index contributed by atoms with van der Waals surface area (Å²) in [7, 11) is 2.01. The Bertz CT molecular complexity index is 354. The Morgan fingerprint density at radius 3 is 3.19 bits per heavy atom. The summed E-state index contributed by atoms with van der Waals surface area (Å²) in [6.45, 7) is 2.17. The van der Waals surface area contributed by atoms with Crippen molar-refractivity contribution in [3.63, 3.8) is 0 Å². The molecule has 16 heavy (non-hydrogen) atoms. The first-order valence-corrected chi connectivity index (χ1v) is 7.10. The lowest BCUT2D eigenvalue weighted by atomic mass is 9.92. The second-order valence-corrected chi connectivity index (χ2v) is 5.33. The van der Waals surface area contributed by atoms with Crippen LogP contribution >= 0.6 is 11.8 Å². The monoisotopic (exact) mass is 237 g/mol. The zero-order valence-corrected chi connectivity index (χ0v) is 10.8. The highest BCUT2D eigenvalue weighted by Gasteiger charge is 2.20. The van der Waals surface area contributed by atoms with E-state index in [0.717, 1.165) is 23.8 Å². The van der Waals surface area contributed by atoms with Gasteiger partial charge in [0, 0.05) is 23.5 Å². The van der Waals surface area contributed by atoms with Crippen LogP contribution in [0.3, 0.4) is 0 Å². The Hall–Kier alpha value is -0.610. The van der Waals surface area contributed by atoms with Gasteiger partial charge in [0.15, 0.2) is 0 Å². The molecule has 1 atom stereocenters. The lowest BCUT2D eigenvalue weighted by Crippen LogP contribution is -2.23. The van der Waals surface area contributed by atoms with Crippen LogP contribution in [-0.4, -0.2) is 22.8 Å². The van der Waals surface area contributed by atoms with Crippen LogP contribution in [-0.2, 0) is 12.2 Å². The molecular weight excluding hydrogens is 218 g/mol. The maximum Gasteiger partial charge on any atom is 0.138 e. The van der Waals surface area contributed by atoms with Gasteiger partial charge < -0.3 is 5.32 Å². The van der Waals surface area contributed by atoms with Crippen molar-refractivity contribution in [3.05, 3.63) is 23.3 Å². The molecule has 0 saturated carbocycles. The maximum absolute atomic E-state index is 4.68. The first-order chi connectivity index (χ1) is 7.85. The van der Waals surface area contributed by atoms with E-state index < -0.39 is 0 Å². The molecule has 1 N–H and O–H groups in total. The van der Waals surface area contributed by atoms with Gasteiger partial charge in [-0.3, -0.25) is 0 Å². The fraction of sp³-hybridized carbons (Fsp3) is 0.667. The molecule has 1 heterocycles. The van der Waals surface area contributed by atoms with Crippen molar-refractivity contribution in [2.24, 2.45) is 0 Å². The van der Waals surface area contributed by atoms with E-state index in [9.17, 15) is 0 Å². The van der Waals surface area contributed by atoms with E-state index in [1.54, 1.807) is 0 Å². The van der Waals surface area contributed by atoms with E-state index in [4.69, 9.17) is 0 Å². The van der Waals surface area contributed by atoms with E-state index in [1.807, 2.05) is 25.0 Å². The van der Waals surface area contributed by atoms with Gasteiger partial charge in [0.1, 0.15) is 5.82 Å². The molecular formula is C12H19N3S. The number of nitrogens with one attached hydrogen (secondary N) is 1. The summed E-state index contributed by atoms with van der Waals surface area (Å²) >= 11 is 1.88. The van der Waals surface area contributed by atoms with E-state index in [1.165, 1.54) is 24.1 Å². The zero-order valence-electron chi connectivity index (χ0n) is 9.99. The minimum atomic E-state index is 0.455.